The van der Waals surface area contributed by atoms with Crippen molar-refractivity contribution in [3.8, 4) is 5.88 Å². The number of aliphatic hydroxyl groups is 1. The molecule has 34 heavy (non-hydrogen) atoms. The predicted octanol–water partition coefficient (Wildman–Crippen LogP) is 5.16. The highest BCUT2D eigenvalue weighted by atomic mass is 35.5. The van der Waals surface area contributed by atoms with Crippen LogP contribution in [-0.4, -0.2) is 69.0 Å². The number of anilines is 2. The van der Waals surface area contributed by atoms with Crippen LogP contribution >= 0.6 is 34.8 Å². The van der Waals surface area contributed by atoms with Crippen LogP contribution in [-0.2, 0) is 14.2 Å². The summed E-state index contributed by atoms with van der Waals surface area (Å²) in [5.74, 6) is -0.146. The molecule has 1 N–H and O–H groups in total. The first-order valence-electron chi connectivity index (χ1n) is 10.7. The van der Waals surface area contributed by atoms with Gasteiger partial charge in [0.05, 0.1) is 84.5 Å². The molecule has 0 saturated carbocycles. The van der Waals surface area contributed by atoms with Gasteiger partial charge in [0.25, 0.3) is 0 Å². The van der Waals surface area contributed by atoms with E-state index in [2.05, 4.69) is 4.98 Å². The van der Waals surface area contributed by atoms with E-state index < -0.39 is 5.82 Å². The maximum absolute atomic E-state index is 13.8. The third kappa shape index (κ3) is 6.95. The molecule has 1 aliphatic rings. The van der Waals surface area contributed by atoms with E-state index in [4.69, 9.17) is 58.9 Å². The van der Waals surface area contributed by atoms with Gasteiger partial charge in [0.1, 0.15) is 12.4 Å². The summed E-state index contributed by atoms with van der Waals surface area (Å²) in [5, 5.41) is 9.34. The fourth-order valence-electron chi connectivity index (χ4n) is 3.40. The molecule has 11 heteroatoms. The molecule has 0 radical (unpaired) electrons. The summed E-state index contributed by atoms with van der Waals surface area (Å²) >= 11 is 19.2. The standard InChI is InChI=1S/C23H26Cl3FN2O5/c1-15-2-3-17-21(29(15)22-18(24)12-16(27)13-19(22)25)20(26)14-28-23(17)34-11-10-33-9-8-32-7-6-31-5-4-30/h2-3,12-15,30H,4-11H2,1H3. The van der Waals surface area contributed by atoms with Crippen molar-refractivity contribution in [1.82, 2.24) is 4.98 Å². The summed E-state index contributed by atoms with van der Waals surface area (Å²) in [6.45, 7) is 4.53. The Bertz CT molecular complexity index is 972. The van der Waals surface area contributed by atoms with E-state index in [1.54, 1.807) is 0 Å². The Balaban J connectivity index is 1.61. The summed E-state index contributed by atoms with van der Waals surface area (Å²) in [4.78, 5) is 6.16. The molecule has 0 saturated heterocycles. The highest BCUT2D eigenvalue weighted by molar-refractivity contribution is 6.40. The average Bonchev–Trinajstić information content (AvgIpc) is 2.79. The van der Waals surface area contributed by atoms with Gasteiger partial charge >= 0.3 is 0 Å². The van der Waals surface area contributed by atoms with Crippen molar-refractivity contribution in [3.05, 3.63) is 50.9 Å². The van der Waals surface area contributed by atoms with Crippen molar-refractivity contribution < 1.29 is 28.4 Å². The van der Waals surface area contributed by atoms with Crippen LogP contribution in [0.5, 0.6) is 5.88 Å². The van der Waals surface area contributed by atoms with Gasteiger partial charge in [-0.25, -0.2) is 9.37 Å². The molecule has 3 rings (SSSR count). The van der Waals surface area contributed by atoms with Gasteiger partial charge in [0.2, 0.25) is 5.88 Å². The second-order valence-corrected chi connectivity index (χ2v) is 8.49. The van der Waals surface area contributed by atoms with Gasteiger partial charge in [0, 0.05) is 6.04 Å². The monoisotopic (exact) mass is 534 g/mol. The molecule has 7 nitrogen and oxygen atoms in total. The molecule has 0 spiro atoms. The molecule has 0 bridgehead atoms. The number of ether oxygens (including phenoxy) is 4. The van der Waals surface area contributed by atoms with Crippen molar-refractivity contribution in [2.24, 2.45) is 0 Å². The molecule has 2 heterocycles. The molecule has 0 fully saturated rings. The molecule has 0 aliphatic carbocycles. The Hall–Kier alpha value is -1.65. The Morgan fingerprint density at radius 2 is 1.50 bits per heavy atom. The summed E-state index contributed by atoms with van der Waals surface area (Å²) in [6, 6.07) is 2.27. The minimum Gasteiger partial charge on any atom is -0.475 e. The molecule has 1 atom stereocenters. The number of benzene rings is 1. The molecule has 1 aliphatic heterocycles. The third-order valence-corrected chi connectivity index (χ3v) is 5.72. The highest BCUT2D eigenvalue weighted by Gasteiger charge is 2.30. The molecule has 2 aromatic rings. The zero-order valence-electron chi connectivity index (χ0n) is 18.6. The van der Waals surface area contributed by atoms with Crippen LogP contribution < -0.4 is 9.64 Å². The average molecular weight is 536 g/mol. The highest BCUT2D eigenvalue weighted by Crippen LogP contribution is 2.47. The maximum Gasteiger partial charge on any atom is 0.223 e. The lowest BCUT2D eigenvalue weighted by molar-refractivity contribution is 0.00341. The van der Waals surface area contributed by atoms with Crippen LogP contribution in [0.4, 0.5) is 15.8 Å². The molecule has 1 aromatic heterocycles. The first-order valence-corrected chi connectivity index (χ1v) is 11.8. The number of aliphatic hydroxyl groups excluding tert-OH is 1. The van der Waals surface area contributed by atoms with Crippen LogP contribution in [0.25, 0.3) is 6.08 Å². The van der Waals surface area contributed by atoms with Crippen molar-refractivity contribution in [2.45, 2.75) is 13.0 Å². The maximum atomic E-state index is 13.8. The van der Waals surface area contributed by atoms with E-state index in [0.29, 0.717) is 67.5 Å². The minimum atomic E-state index is -0.524. The molecule has 0 amide bonds. The number of hydrogen-bond donors (Lipinski definition) is 1. The number of nitrogens with zero attached hydrogens (tertiary/aromatic N) is 2. The third-order valence-electron chi connectivity index (χ3n) is 4.87. The number of pyridine rings is 1. The van der Waals surface area contributed by atoms with Gasteiger partial charge < -0.3 is 29.0 Å². The minimum absolute atomic E-state index is 0.00459. The summed E-state index contributed by atoms with van der Waals surface area (Å²) < 4.78 is 35.6. The van der Waals surface area contributed by atoms with E-state index in [1.807, 2.05) is 24.0 Å². The zero-order chi connectivity index (χ0) is 24.5. The largest absolute Gasteiger partial charge is 0.475 e. The molecular weight excluding hydrogens is 510 g/mol. The normalized spacial score (nSPS) is 15.0. The number of hydrogen-bond acceptors (Lipinski definition) is 7. The molecule has 1 unspecified atom stereocenters. The van der Waals surface area contributed by atoms with Crippen LogP contribution in [0.3, 0.4) is 0 Å². The van der Waals surface area contributed by atoms with Crippen molar-refractivity contribution in [3.63, 3.8) is 0 Å². The molecule has 186 valence electrons. The Labute approximate surface area is 212 Å². The van der Waals surface area contributed by atoms with Crippen molar-refractivity contribution >= 4 is 52.3 Å². The van der Waals surface area contributed by atoms with E-state index >= 15 is 0 Å². The van der Waals surface area contributed by atoms with Gasteiger partial charge in [-0.2, -0.15) is 0 Å². The fraction of sp³-hybridized carbons (Fsp3) is 0.435. The first kappa shape index (κ1) is 26.9. The van der Waals surface area contributed by atoms with E-state index in [1.165, 1.54) is 18.3 Å². The van der Waals surface area contributed by atoms with Gasteiger partial charge in [-0.05, 0) is 25.1 Å². The summed E-state index contributed by atoms with van der Waals surface area (Å²) in [5.41, 5.74) is 1.73. The second-order valence-electron chi connectivity index (χ2n) is 7.27. The zero-order valence-corrected chi connectivity index (χ0v) is 20.9. The van der Waals surface area contributed by atoms with Crippen LogP contribution in [0, 0.1) is 5.82 Å². The first-order chi connectivity index (χ1) is 16.4. The SMILES string of the molecule is CC1C=Cc2c(OCCOCCOCCOCCO)ncc(Cl)c2N1c1c(Cl)cc(F)cc1Cl. The fourth-order valence-corrected chi connectivity index (χ4v) is 4.28. The van der Waals surface area contributed by atoms with Crippen molar-refractivity contribution in [2.75, 3.05) is 57.8 Å². The lowest BCUT2D eigenvalue weighted by Gasteiger charge is -2.35. The van der Waals surface area contributed by atoms with Crippen LogP contribution in [0.2, 0.25) is 15.1 Å². The Morgan fingerprint density at radius 1 is 0.912 bits per heavy atom. The summed E-state index contributed by atoms with van der Waals surface area (Å²) in [6.07, 6.45) is 5.30. The molecule has 1 aromatic carbocycles. The topological polar surface area (TPSA) is 73.3 Å². The number of fused-ring (bicyclic) bond motifs is 1. The van der Waals surface area contributed by atoms with E-state index in [-0.39, 0.29) is 29.3 Å². The lowest BCUT2D eigenvalue weighted by atomic mass is 10.0. The van der Waals surface area contributed by atoms with Gasteiger partial charge in [-0.15, -0.1) is 0 Å². The van der Waals surface area contributed by atoms with Gasteiger partial charge in [-0.3, -0.25) is 0 Å². The predicted molar refractivity (Wildman–Crippen MR) is 131 cm³/mol. The summed E-state index contributed by atoms with van der Waals surface area (Å²) in [7, 11) is 0. The Kier molecular flexibility index (Phi) is 10.7. The quantitative estimate of drug-likeness (QED) is 0.355. The second kappa shape index (κ2) is 13.4. The van der Waals surface area contributed by atoms with E-state index in [0.717, 1.165) is 0 Å². The lowest BCUT2D eigenvalue weighted by Crippen LogP contribution is -2.30. The molecular formula is C23H26Cl3FN2O5. The number of rotatable bonds is 13. The van der Waals surface area contributed by atoms with Crippen LogP contribution in [0.1, 0.15) is 12.5 Å². The Morgan fingerprint density at radius 3 is 2.12 bits per heavy atom. The van der Waals surface area contributed by atoms with Gasteiger partial charge in [-0.1, -0.05) is 40.9 Å². The number of aromatic nitrogens is 1. The van der Waals surface area contributed by atoms with E-state index in [9.17, 15) is 4.39 Å². The van der Waals surface area contributed by atoms with Gasteiger partial charge in [0.15, 0.2) is 0 Å². The smallest absolute Gasteiger partial charge is 0.223 e. The number of halogens is 4. The van der Waals surface area contributed by atoms with Crippen LogP contribution in [0.15, 0.2) is 24.4 Å². The van der Waals surface area contributed by atoms with Crippen molar-refractivity contribution in [1.29, 1.82) is 0 Å².